The molecule has 0 aliphatic carbocycles. The number of rotatable bonds is 5. The molecule has 0 rings (SSSR count). The van der Waals surface area contributed by atoms with Crippen molar-refractivity contribution in [2.45, 2.75) is 47.0 Å². The van der Waals surface area contributed by atoms with E-state index >= 15 is 0 Å². The maximum atomic E-state index is 2.33. The number of hydrogen-bond donors (Lipinski definition) is 0. The molecule has 0 atom stereocenters. The summed E-state index contributed by atoms with van der Waals surface area (Å²) in [6, 6.07) is 0. The molecule has 0 spiro atoms. The summed E-state index contributed by atoms with van der Waals surface area (Å²) in [5.41, 5.74) is 0.371. The van der Waals surface area contributed by atoms with Gasteiger partial charge in [-0.3, -0.25) is 0 Å². The van der Waals surface area contributed by atoms with Gasteiger partial charge in [0.05, 0.1) is 0 Å². The van der Waals surface area contributed by atoms with Crippen LogP contribution < -0.4 is 0 Å². The fraction of sp³-hybridized carbons (Fsp3) is 0.667. The summed E-state index contributed by atoms with van der Waals surface area (Å²) in [4.78, 5) is 0. The van der Waals surface area contributed by atoms with Crippen LogP contribution in [0.25, 0.3) is 0 Å². The Morgan fingerprint density at radius 3 is 2.33 bits per heavy atom. The summed E-state index contributed by atoms with van der Waals surface area (Å²) in [6.45, 7) is 8.85. The first-order chi connectivity index (χ1) is 5.62. The normalized spacial score (nSPS) is 13.3. The van der Waals surface area contributed by atoms with Crippen molar-refractivity contribution in [1.29, 1.82) is 0 Å². The first-order valence-corrected chi connectivity index (χ1v) is 4.91. The molecule has 0 unspecified atom stereocenters. The molecule has 0 nitrogen and oxygen atoms in total. The van der Waals surface area contributed by atoms with Crippen LogP contribution in [0.3, 0.4) is 0 Å². The lowest BCUT2D eigenvalue weighted by Gasteiger charge is -2.18. The molecule has 0 amide bonds. The first-order valence-electron chi connectivity index (χ1n) is 4.91. The van der Waals surface area contributed by atoms with Crippen LogP contribution >= 0.6 is 0 Å². The molecule has 70 valence electrons. The minimum absolute atomic E-state index is 0.371. The average Bonchev–Trinajstić information content (AvgIpc) is 2.01. The van der Waals surface area contributed by atoms with E-state index < -0.39 is 0 Å². The lowest BCUT2D eigenvalue weighted by atomic mass is 9.87. The van der Waals surface area contributed by atoms with Crippen LogP contribution in [0.4, 0.5) is 0 Å². The van der Waals surface area contributed by atoms with E-state index in [1.807, 2.05) is 0 Å². The Kier molecular flexibility index (Phi) is 5.79. The van der Waals surface area contributed by atoms with Crippen molar-refractivity contribution >= 4 is 0 Å². The molecular weight excluding hydrogens is 144 g/mol. The Balaban J connectivity index is 3.78. The van der Waals surface area contributed by atoms with Gasteiger partial charge in [0.25, 0.3) is 0 Å². The van der Waals surface area contributed by atoms with Gasteiger partial charge in [-0.2, -0.15) is 0 Å². The van der Waals surface area contributed by atoms with Crippen molar-refractivity contribution < 1.29 is 0 Å². The van der Waals surface area contributed by atoms with Crippen LogP contribution in [0.2, 0.25) is 0 Å². The standard InChI is InChI=1S/C12H22/c1-5-7-9-11-12(3,4)10-8-6-2/h5,7-8,10H,6,9,11H2,1-4H3. The molecule has 0 aromatic heterocycles. The van der Waals surface area contributed by atoms with E-state index in [0.717, 1.165) is 6.42 Å². The van der Waals surface area contributed by atoms with Crippen molar-refractivity contribution in [2.24, 2.45) is 5.41 Å². The summed E-state index contributed by atoms with van der Waals surface area (Å²) in [5.74, 6) is 0. The van der Waals surface area contributed by atoms with Gasteiger partial charge in [-0.25, -0.2) is 0 Å². The Bertz CT molecular complexity index is 149. The molecule has 12 heavy (non-hydrogen) atoms. The third kappa shape index (κ3) is 6.21. The molecule has 0 fully saturated rings. The van der Waals surface area contributed by atoms with E-state index in [9.17, 15) is 0 Å². The van der Waals surface area contributed by atoms with E-state index in [0.29, 0.717) is 5.41 Å². The molecule has 0 aromatic rings. The molecule has 0 radical (unpaired) electrons. The highest BCUT2D eigenvalue weighted by Crippen LogP contribution is 2.24. The van der Waals surface area contributed by atoms with Crippen LogP contribution in [-0.4, -0.2) is 0 Å². The van der Waals surface area contributed by atoms with Gasteiger partial charge < -0.3 is 0 Å². The van der Waals surface area contributed by atoms with Gasteiger partial charge in [-0.15, -0.1) is 0 Å². The Labute approximate surface area is 77.4 Å². The summed E-state index contributed by atoms with van der Waals surface area (Å²) in [6.07, 6.45) is 12.5. The van der Waals surface area contributed by atoms with Crippen LogP contribution in [0.15, 0.2) is 24.3 Å². The molecule has 0 bridgehead atoms. The molecular formula is C12H22. The topological polar surface area (TPSA) is 0 Å². The zero-order valence-corrected chi connectivity index (χ0v) is 8.93. The highest BCUT2D eigenvalue weighted by molar-refractivity contribution is 4.95. The quantitative estimate of drug-likeness (QED) is 0.533. The maximum absolute atomic E-state index is 2.33. The summed E-state index contributed by atoms with van der Waals surface area (Å²) in [5, 5.41) is 0. The predicted molar refractivity (Wildman–Crippen MR) is 57.3 cm³/mol. The lowest BCUT2D eigenvalue weighted by molar-refractivity contribution is 0.441. The molecule has 0 aliphatic rings. The van der Waals surface area contributed by atoms with Gasteiger partial charge in [0.15, 0.2) is 0 Å². The van der Waals surface area contributed by atoms with Gasteiger partial charge in [0.2, 0.25) is 0 Å². The van der Waals surface area contributed by atoms with Crippen LogP contribution in [0.5, 0.6) is 0 Å². The third-order valence-corrected chi connectivity index (χ3v) is 2.00. The SMILES string of the molecule is CC=CCCC(C)(C)C=CCC. The Hall–Kier alpha value is -0.520. The van der Waals surface area contributed by atoms with Crippen LogP contribution in [-0.2, 0) is 0 Å². The molecule has 0 N–H and O–H groups in total. The van der Waals surface area contributed by atoms with Crippen molar-refractivity contribution in [3.63, 3.8) is 0 Å². The highest BCUT2D eigenvalue weighted by Gasteiger charge is 2.11. The largest absolute Gasteiger partial charge is 0.0917 e. The van der Waals surface area contributed by atoms with E-state index in [4.69, 9.17) is 0 Å². The minimum Gasteiger partial charge on any atom is -0.0917 e. The summed E-state index contributed by atoms with van der Waals surface area (Å²) in [7, 11) is 0. The zero-order valence-electron chi connectivity index (χ0n) is 8.93. The second-order valence-electron chi connectivity index (χ2n) is 3.91. The zero-order chi connectivity index (χ0) is 9.45. The maximum Gasteiger partial charge on any atom is -0.0172 e. The van der Waals surface area contributed by atoms with Gasteiger partial charge in [0, 0.05) is 0 Å². The smallest absolute Gasteiger partial charge is 0.0172 e. The van der Waals surface area contributed by atoms with E-state index in [1.165, 1.54) is 12.8 Å². The van der Waals surface area contributed by atoms with Gasteiger partial charge in [0.1, 0.15) is 0 Å². The number of allylic oxidation sites excluding steroid dienone is 4. The van der Waals surface area contributed by atoms with E-state index in [1.54, 1.807) is 0 Å². The van der Waals surface area contributed by atoms with Crippen molar-refractivity contribution in [3.05, 3.63) is 24.3 Å². The van der Waals surface area contributed by atoms with Crippen molar-refractivity contribution in [1.82, 2.24) is 0 Å². The van der Waals surface area contributed by atoms with E-state index in [-0.39, 0.29) is 0 Å². The highest BCUT2D eigenvalue weighted by atomic mass is 14.2. The fourth-order valence-electron chi connectivity index (χ4n) is 1.14. The van der Waals surface area contributed by atoms with Gasteiger partial charge in [-0.1, -0.05) is 45.1 Å². The molecule has 0 aliphatic heterocycles. The molecule has 0 saturated carbocycles. The van der Waals surface area contributed by atoms with Crippen LogP contribution in [0, 0.1) is 5.41 Å². The first kappa shape index (κ1) is 11.5. The molecule has 0 heteroatoms. The molecule has 0 heterocycles. The molecule has 0 aromatic carbocycles. The lowest BCUT2D eigenvalue weighted by Crippen LogP contribution is -2.05. The predicted octanol–water partition coefficient (Wildman–Crippen LogP) is 4.34. The minimum atomic E-state index is 0.371. The summed E-state index contributed by atoms with van der Waals surface area (Å²) >= 11 is 0. The van der Waals surface area contributed by atoms with Crippen LogP contribution in [0.1, 0.15) is 47.0 Å². The average molecular weight is 166 g/mol. The fourth-order valence-corrected chi connectivity index (χ4v) is 1.14. The second-order valence-corrected chi connectivity index (χ2v) is 3.91. The van der Waals surface area contributed by atoms with Gasteiger partial charge >= 0.3 is 0 Å². The molecule has 0 saturated heterocycles. The van der Waals surface area contributed by atoms with Crippen molar-refractivity contribution in [2.75, 3.05) is 0 Å². The van der Waals surface area contributed by atoms with E-state index in [2.05, 4.69) is 52.0 Å². The number of hydrogen-bond acceptors (Lipinski definition) is 0. The monoisotopic (exact) mass is 166 g/mol. The third-order valence-electron chi connectivity index (χ3n) is 2.00. The van der Waals surface area contributed by atoms with Gasteiger partial charge in [-0.05, 0) is 31.6 Å². The van der Waals surface area contributed by atoms with Crippen molar-refractivity contribution in [3.8, 4) is 0 Å². The Morgan fingerprint density at radius 1 is 1.17 bits per heavy atom. The summed E-state index contributed by atoms with van der Waals surface area (Å²) < 4.78 is 0. The Morgan fingerprint density at radius 2 is 1.83 bits per heavy atom. The second kappa shape index (κ2) is 6.05.